The van der Waals surface area contributed by atoms with Crippen LogP contribution in [-0.4, -0.2) is 89.4 Å². The van der Waals surface area contributed by atoms with Gasteiger partial charge in [0.1, 0.15) is 17.6 Å². The van der Waals surface area contributed by atoms with Crippen molar-refractivity contribution >= 4 is 38.8 Å². The van der Waals surface area contributed by atoms with Gasteiger partial charge in [-0.15, -0.1) is 11.3 Å². The SMILES string of the molecule is CCC(Nc1cc(C(F)F)c(-c2sc(C(=O)N3CC(S(C)(=O)=O)C3)nc2C(=O)N2CCC[C@@H]2C)cn1)C(F)(F)F. The van der Waals surface area contributed by atoms with E-state index in [2.05, 4.69) is 15.3 Å². The fraction of sp³-hybridized carbons (Fsp3) is 0.583. The zero-order valence-corrected chi connectivity index (χ0v) is 23.5. The third-order valence-electron chi connectivity index (χ3n) is 7.11. The quantitative estimate of drug-likeness (QED) is 0.442. The normalized spacial score (nSPS) is 19.2. The van der Waals surface area contributed by atoms with Crippen molar-refractivity contribution in [1.29, 1.82) is 0 Å². The largest absolute Gasteiger partial charge is 0.408 e. The van der Waals surface area contributed by atoms with Crippen LogP contribution in [0.15, 0.2) is 12.3 Å². The molecule has 0 bridgehead atoms. The number of likely N-dealkylation sites (tertiary alicyclic amines) is 2. The van der Waals surface area contributed by atoms with Crippen LogP contribution in [0.25, 0.3) is 10.4 Å². The Labute approximate surface area is 231 Å². The van der Waals surface area contributed by atoms with E-state index >= 15 is 0 Å². The molecule has 2 aromatic heterocycles. The molecule has 40 heavy (non-hydrogen) atoms. The molecule has 0 saturated carbocycles. The van der Waals surface area contributed by atoms with Crippen LogP contribution in [0.5, 0.6) is 0 Å². The number of pyridine rings is 1. The molecule has 2 aliphatic heterocycles. The average molecular weight is 610 g/mol. The summed E-state index contributed by atoms with van der Waals surface area (Å²) < 4.78 is 91.7. The summed E-state index contributed by atoms with van der Waals surface area (Å²) in [7, 11) is -3.37. The zero-order chi connectivity index (χ0) is 29.6. The van der Waals surface area contributed by atoms with Crippen LogP contribution in [0.2, 0.25) is 0 Å². The van der Waals surface area contributed by atoms with Gasteiger partial charge >= 0.3 is 6.18 Å². The second-order valence-electron chi connectivity index (χ2n) is 9.95. The third kappa shape index (κ3) is 6.06. The number of amides is 2. The van der Waals surface area contributed by atoms with E-state index in [-0.39, 0.29) is 46.7 Å². The molecule has 2 aromatic rings. The Morgan fingerprint density at radius 2 is 1.90 bits per heavy atom. The van der Waals surface area contributed by atoms with Crippen molar-refractivity contribution in [3.8, 4) is 10.4 Å². The molecule has 16 heteroatoms. The molecule has 2 aliphatic rings. The molecule has 4 rings (SSSR count). The molecular formula is C24H28F5N5O4S2. The number of aromatic nitrogens is 2. The topological polar surface area (TPSA) is 113 Å². The number of carbonyl (C=O) groups is 2. The van der Waals surface area contributed by atoms with Gasteiger partial charge in [-0.05, 0) is 32.3 Å². The van der Waals surface area contributed by atoms with Crippen LogP contribution in [-0.2, 0) is 9.84 Å². The lowest BCUT2D eigenvalue weighted by atomic mass is 10.1. The fourth-order valence-corrected chi connectivity index (χ4v) is 6.59. The van der Waals surface area contributed by atoms with E-state index in [1.807, 2.05) is 6.92 Å². The highest BCUT2D eigenvalue weighted by Gasteiger charge is 2.41. The van der Waals surface area contributed by atoms with E-state index in [9.17, 15) is 40.0 Å². The Hall–Kier alpha value is -2.88. The van der Waals surface area contributed by atoms with Crippen LogP contribution < -0.4 is 5.32 Å². The summed E-state index contributed by atoms with van der Waals surface area (Å²) in [5.74, 6) is -1.64. The molecule has 4 heterocycles. The second kappa shape index (κ2) is 11.2. The number of thiazole rings is 1. The second-order valence-corrected chi connectivity index (χ2v) is 13.3. The highest BCUT2D eigenvalue weighted by Crippen LogP contribution is 2.40. The third-order valence-corrected chi connectivity index (χ3v) is 9.69. The Morgan fingerprint density at radius 1 is 1.23 bits per heavy atom. The van der Waals surface area contributed by atoms with Gasteiger partial charge in [0.2, 0.25) is 0 Å². The molecular weight excluding hydrogens is 581 g/mol. The van der Waals surface area contributed by atoms with E-state index in [4.69, 9.17) is 0 Å². The van der Waals surface area contributed by atoms with Gasteiger partial charge in [0.05, 0.1) is 10.1 Å². The van der Waals surface area contributed by atoms with Crippen molar-refractivity contribution in [2.75, 3.05) is 31.2 Å². The average Bonchev–Trinajstić information content (AvgIpc) is 3.46. The molecule has 0 aliphatic carbocycles. The fourth-order valence-electron chi connectivity index (χ4n) is 4.63. The predicted octanol–water partition coefficient (Wildman–Crippen LogP) is 4.39. The van der Waals surface area contributed by atoms with Gasteiger partial charge in [0.15, 0.2) is 14.8 Å². The first kappa shape index (κ1) is 30.1. The molecule has 1 unspecified atom stereocenters. The van der Waals surface area contributed by atoms with E-state index in [0.29, 0.717) is 17.9 Å². The van der Waals surface area contributed by atoms with E-state index in [0.717, 1.165) is 31.4 Å². The number of nitrogens with zero attached hydrogens (tertiary/aromatic N) is 4. The Morgan fingerprint density at radius 3 is 2.42 bits per heavy atom. The molecule has 2 saturated heterocycles. The van der Waals surface area contributed by atoms with Crippen LogP contribution in [0.1, 0.15) is 65.4 Å². The lowest BCUT2D eigenvalue weighted by Crippen LogP contribution is -2.56. The van der Waals surface area contributed by atoms with E-state index in [1.165, 1.54) is 16.7 Å². The zero-order valence-electron chi connectivity index (χ0n) is 21.8. The number of alkyl halides is 5. The maximum atomic E-state index is 14.2. The Kier molecular flexibility index (Phi) is 8.41. The minimum atomic E-state index is -4.63. The van der Waals surface area contributed by atoms with Gasteiger partial charge in [-0.2, -0.15) is 13.2 Å². The van der Waals surface area contributed by atoms with Crippen molar-refractivity contribution in [2.45, 2.75) is 63.0 Å². The highest BCUT2D eigenvalue weighted by molar-refractivity contribution is 7.91. The summed E-state index contributed by atoms with van der Waals surface area (Å²) >= 11 is 0.682. The smallest absolute Gasteiger partial charge is 0.359 e. The summed E-state index contributed by atoms with van der Waals surface area (Å²) in [6.07, 6.45) is -4.69. The molecule has 0 spiro atoms. The van der Waals surface area contributed by atoms with Gasteiger partial charge in [-0.25, -0.2) is 27.2 Å². The van der Waals surface area contributed by atoms with Crippen LogP contribution >= 0.6 is 11.3 Å². The monoisotopic (exact) mass is 609 g/mol. The van der Waals surface area contributed by atoms with Crippen molar-refractivity contribution < 1.29 is 40.0 Å². The first-order valence-electron chi connectivity index (χ1n) is 12.5. The van der Waals surface area contributed by atoms with Gasteiger partial charge in [0.25, 0.3) is 18.2 Å². The standard InChI is InChI=1S/C24H28F5N5O4S2/c1-4-16(24(27,28)29)31-17-8-14(20(25)26)15(9-30-17)19-18(22(35)34-7-5-6-12(34)2)32-21(39-19)23(36)33-10-13(11-33)40(3,37)38/h8-9,12-13,16,20H,4-7,10-11H2,1-3H3,(H,30,31)/t12-,16?/m0/s1. The predicted molar refractivity (Wildman–Crippen MR) is 138 cm³/mol. The Balaban J connectivity index is 1.75. The number of anilines is 1. The number of sulfone groups is 1. The number of hydrogen-bond donors (Lipinski definition) is 1. The number of halogens is 5. The van der Waals surface area contributed by atoms with Gasteiger partial charge in [0, 0.05) is 49.3 Å². The number of carbonyl (C=O) groups excluding carboxylic acids is 2. The Bertz CT molecular complexity index is 1390. The van der Waals surface area contributed by atoms with Crippen molar-refractivity contribution in [3.63, 3.8) is 0 Å². The van der Waals surface area contributed by atoms with Gasteiger partial charge in [-0.3, -0.25) is 9.59 Å². The lowest BCUT2D eigenvalue weighted by molar-refractivity contribution is -0.142. The highest BCUT2D eigenvalue weighted by atomic mass is 32.2. The van der Waals surface area contributed by atoms with Crippen LogP contribution in [0.3, 0.4) is 0 Å². The first-order valence-corrected chi connectivity index (χ1v) is 15.3. The molecule has 2 atom stereocenters. The minimum absolute atomic E-state index is 0.0650. The maximum absolute atomic E-state index is 14.2. The maximum Gasteiger partial charge on any atom is 0.408 e. The first-order chi connectivity index (χ1) is 18.6. The van der Waals surface area contributed by atoms with Gasteiger partial charge < -0.3 is 15.1 Å². The summed E-state index contributed by atoms with van der Waals surface area (Å²) in [4.78, 5) is 37.4. The molecule has 0 radical (unpaired) electrons. The van der Waals surface area contributed by atoms with E-state index < -0.39 is 56.9 Å². The van der Waals surface area contributed by atoms with Crippen molar-refractivity contribution in [3.05, 3.63) is 28.5 Å². The summed E-state index contributed by atoms with van der Waals surface area (Å²) in [6, 6.07) is -1.36. The molecule has 1 N–H and O–H groups in total. The van der Waals surface area contributed by atoms with Crippen molar-refractivity contribution in [1.82, 2.24) is 19.8 Å². The number of nitrogens with one attached hydrogen (secondary N) is 1. The van der Waals surface area contributed by atoms with E-state index in [1.54, 1.807) is 0 Å². The number of rotatable bonds is 8. The van der Waals surface area contributed by atoms with Crippen LogP contribution in [0, 0.1) is 0 Å². The summed E-state index contributed by atoms with van der Waals surface area (Å²) in [6.45, 7) is 3.38. The van der Waals surface area contributed by atoms with Crippen molar-refractivity contribution in [2.24, 2.45) is 0 Å². The lowest BCUT2D eigenvalue weighted by Gasteiger charge is -2.37. The molecule has 2 amide bonds. The van der Waals surface area contributed by atoms with Crippen LogP contribution in [0.4, 0.5) is 27.8 Å². The molecule has 9 nitrogen and oxygen atoms in total. The molecule has 0 aromatic carbocycles. The number of hydrogen-bond acceptors (Lipinski definition) is 8. The molecule has 2 fully saturated rings. The van der Waals surface area contributed by atoms with Gasteiger partial charge in [-0.1, -0.05) is 6.92 Å². The molecule has 220 valence electrons. The summed E-state index contributed by atoms with van der Waals surface area (Å²) in [5, 5.41) is 1.21. The summed E-state index contributed by atoms with van der Waals surface area (Å²) in [5.41, 5.74) is -1.15. The minimum Gasteiger partial charge on any atom is -0.359 e.